The van der Waals surface area contributed by atoms with Gasteiger partial charge in [-0.3, -0.25) is 5.73 Å². The molecule has 0 fully saturated rings. The Bertz CT molecular complexity index is 1000. The second-order valence-corrected chi connectivity index (χ2v) is 9.21. The predicted octanol–water partition coefficient (Wildman–Crippen LogP) is 5.12. The van der Waals surface area contributed by atoms with E-state index in [0.29, 0.717) is 24.4 Å². The first-order valence-corrected chi connectivity index (χ1v) is 11.5. The fourth-order valence-electron chi connectivity index (χ4n) is 2.65. The van der Waals surface area contributed by atoms with Crippen molar-refractivity contribution < 1.29 is 14.2 Å². The number of nitrogens with zero attached hydrogens (tertiary/aromatic N) is 2. The van der Waals surface area contributed by atoms with Crippen LogP contribution in [0.1, 0.15) is 56.6 Å². The smallest absolute Gasteiger partial charge is 0.216 e. The van der Waals surface area contributed by atoms with E-state index in [-0.39, 0.29) is 12.4 Å². The molecule has 0 saturated heterocycles. The molecule has 0 aliphatic heterocycles. The zero-order chi connectivity index (χ0) is 24.6. The molecular weight excluding hydrogens is 439 g/mol. The molecule has 1 aromatic carbocycles. The zero-order valence-electron chi connectivity index (χ0n) is 19.7. The van der Waals surface area contributed by atoms with E-state index < -0.39 is 11.9 Å². The van der Waals surface area contributed by atoms with E-state index >= 15 is 0 Å². The fourth-order valence-corrected chi connectivity index (χ4v) is 3.39. The number of allylic oxidation sites excluding steroid dienone is 2. The lowest BCUT2D eigenvalue weighted by atomic mass is 10.1. The number of aromatic nitrogens is 2. The van der Waals surface area contributed by atoms with E-state index in [0.717, 1.165) is 26.5 Å². The molecule has 1 heterocycles. The third-order valence-corrected chi connectivity index (χ3v) is 5.87. The fraction of sp³-hybridized carbons (Fsp3) is 0.360. The number of halogens is 1. The highest BCUT2D eigenvalue weighted by molar-refractivity contribution is 8.11. The Morgan fingerprint density at radius 3 is 2.52 bits per heavy atom. The van der Waals surface area contributed by atoms with Crippen molar-refractivity contribution in [1.29, 1.82) is 0 Å². The van der Waals surface area contributed by atoms with Crippen LogP contribution in [-0.4, -0.2) is 27.8 Å². The first kappa shape index (κ1) is 26.6. The van der Waals surface area contributed by atoms with Crippen LogP contribution in [0.4, 0.5) is 4.39 Å². The number of hydrogen-bond donors (Lipinski definition) is 3. The van der Waals surface area contributed by atoms with Gasteiger partial charge in [0.2, 0.25) is 5.79 Å². The second kappa shape index (κ2) is 12.0. The lowest BCUT2D eigenvalue weighted by Crippen LogP contribution is -2.29. The Morgan fingerprint density at radius 1 is 1.30 bits per heavy atom. The van der Waals surface area contributed by atoms with Crippen LogP contribution >= 0.6 is 11.8 Å². The summed E-state index contributed by atoms with van der Waals surface area (Å²) in [7, 11) is 0. The van der Waals surface area contributed by atoms with Crippen LogP contribution in [0.25, 0.3) is 10.6 Å². The van der Waals surface area contributed by atoms with Gasteiger partial charge in [-0.2, -0.15) is 0 Å². The highest BCUT2D eigenvalue weighted by atomic mass is 32.2. The molecule has 0 spiro atoms. The average molecular weight is 473 g/mol. The van der Waals surface area contributed by atoms with Crippen molar-refractivity contribution in [1.82, 2.24) is 15.3 Å². The van der Waals surface area contributed by atoms with E-state index in [1.807, 2.05) is 45.0 Å². The third kappa shape index (κ3) is 8.31. The molecule has 0 bridgehead atoms. The van der Waals surface area contributed by atoms with Crippen molar-refractivity contribution in [3.05, 3.63) is 77.2 Å². The molecule has 178 valence electrons. The lowest BCUT2D eigenvalue weighted by Gasteiger charge is -2.17. The number of rotatable bonds is 12. The van der Waals surface area contributed by atoms with Crippen LogP contribution in [0, 0.1) is 0 Å². The summed E-state index contributed by atoms with van der Waals surface area (Å²) in [6, 6.07) is 5.76. The maximum Gasteiger partial charge on any atom is 0.216 e. The van der Waals surface area contributed by atoms with Crippen LogP contribution in [-0.2, 0) is 12.3 Å². The summed E-state index contributed by atoms with van der Waals surface area (Å²) in [5, 5.41) is 13.1. The number of hydrogen-bond acceptors (Lipinski definition) is 7. The summed E-state index contributed by atoms with van der Waals surface area (Å²) >= 11 is 1.58. The van der Waals surface area contributed by atoms with Crippen molar-refractivity contribution in [3.8, 4) is 5.75 Å². The Balaban J connectivity index is 2.20. The summed E-state index contributed by atoms with van der Waals surface area (Å²) in [6.45, 7) is 16.1. The molecule has 0 amide bonds. The molecule has 4 N–H and O–H groups in total. The normalized spacial score (nSPS) is 14.3. The molecule has 1 unspecified atom stereocenters. The van der Waals surface area contributed by atoms with Crippen LogP contribution < -0.4 is 15.8 Å². The monoisotopic (exact) mass is 472 g/mol. The minimum Gasteiger partial charge on any atom is -0.491 e. The molecule has 33 heavy (non-hydrogen) atoms. The summed E-state index contributed by atoms with van der Waals surface area (Å²) in [5.41, 5.74) is 8.53. The average Bonchev–Trinajstić information content (AvgIpc) is 2.80. The van der Waals surface area contributed by atoms with Crippen molar-refractivity contribution in [2.24, 2.45) is 5.73 Å². The van der Waals surface area contributed by atoms with E-state index in [2.05, 4.69) is 28.4 Å². The van der Waals surface area contributed by atoms with Crippen LogP contribution in [0.2, 0.25) is 0 Å². The van der Waals surface area contributed by atoms with E-state index in [9.17, 15) is 9.50 Å². The Labute approximate surface area is 199 Å². The number of nitrogens with two attached hydrogens (primary N) is 1. The van der Waals surface area contributed by atoms with Gasteiger partial charge in [-0.1, -0.05) is 37.9 Å². The van der Waals surface area contributed by atoms with Crippen molar-refractivity contribution in [3.63, 3.8) is 0 Å². The molecule has 0 aliphatic carbocycles. The number of aliphatic hydroxyl groups excluding tert-OH is 1. The SMILES string of the molecule is C=C(NCc1cnc(C(C)(N)F)nc1)c1cc(OC[C@H](O)CC)cc(C(=C)S/C(C)=C\C)c1. The molecule has 0 saturated carbocycles. The predicted molar refractivity (Wildman–Crippen MR) is 135 cm³/mol. The quantitative estimate of drug-likeness (QED) is 0.369. The molecule has 6 nitrogen and oxygen atoms in total. The van der Waals surface area contributed by atoms with Gasteiger partial charge in [-0.25, -0.2) is 14.4 Å². The maximum absolute atomic E-state index is 13.7. The van der Waals surface area contributed by atoms with Crippen molar-refractivity contribution in [2.75, 3.05) is 6.61 Å². The molecule has 2 aromatic rings. The van der Waals surface area contributed by atoms with E-state index in [1.54, 1.807) is 11.8 Å². The summed E-state index contributed by atoms with van der Waals surface area (Å²) in [5.74, 6) is -1.53. The summed E-state index contributed by atoms with van der Waals surface area (Å²) in [4.78, 5) is 10.00. The van der Waals surface area contributed by atoms with E-state index in [4.69, 9.17) is 10.5 Å². The number of aliphatic hydroxyl groups is 1. The Hall–Kier alpha value is -2.68. The molecule has 8 heteroatoms. The molecule has 2 rings (SSSR count). The zero-order valence-corrected chi connectivity index (χ0v) is 20.5. The van der Waals surface area contributed by atoms with Gasteiger partial charge in [-0.15, -0.1) is 0 Å². The molecule has 0 radical (unpaired) electrons. The molecule has 0 aliphatic rings. The standard InChI is InChI=1S/C25H33FN4O2S/c1-7-16(3)33-18(5)21-9-20(10-23(11-21)32-15-22(31)8-2)17(4)28-12-19-13-29-24(30-14-19)25(6,26)27/h7,9-11,13-14,22,28,31H,4-5,8,12,15,27H2,1-3,6H3/b16-7-/t22-,25?/m1/s1. The first-order chi connectivity index (χ1) is 15.5. The maximum atomic E-state index is 13.7. The van der Waals surface area contributed by atoms with Crippen LogP contribution in [0.5, 0.6) is 5.75 Å². The number of alkyl halides is 1. The number of thioether (sulfide) groups is 1. The second-order valence-electron chi connectivity index (χ2n) is 7.87. The minimum absolute atomic E-state index is 0.0683. The molecular formula is C25H33FN4O2S. The minimum atomic E-state index is -2.08. The van der Waals surface area contributed by atoms with E-state index in [1.165, 1.54) is 19.3 Å². The van der Waals surface area contributed by atoms with Gasteiger partial charge < -0.3 is 15.2 Å². The highest BCUT2D eigenvalue weighted by Gasteiger charge is 2.22. The number of nitrogens with one attached hydrogen (secondary N) is 1. The number of benzene rings is 1. The van der Waals surface area contributed by atoms with Gasteiger partial charge >= 0.3 is 0 Å². The highest BCUT2D eigenvalue weighted by Crippen LogP contribution is 2.35. The molecule has 2 atom stereocenters. The lowest BCUT2D eigenvalue weighted by molar-refractivity contribution is 0.104. The number of ether oxygens (including phenoxy) is 1. The van der Waals surface area contributed by atoms with Gasteiger partial charge in [0.15, 0.2) is 5.82 Å². The van der Waals surface area contributed by atoms with Gasteiger partial charge in [0.25, 0.3) is 0 Å². The van der Waals surface area contributed by atoms with Gasteiger partial charge in [0.1, 0.15) is 12.4 Å². The molecule has 1 aromatic heterocycles. The van der Waals surface area contributed by atoms with Crippen LogP contribution in [0.3, 0.4) is 0 Å². The third-order valence-electron chi connectivity index (χ3n) is 4.83. The summed E-state index contributed by atoms with van der Waals surface area (Å²) in [6.07, 6.45) is 5.16. The first-order valence-electron chi connectivity index (χ1n) is 10.7. The largest absolute Gasteiger partial charge is 0.491 e. The van der Waals surface area contributed by atoms with Crippen molar-refractivity contribution >= 4 is 22.4 Å². The summed E-state index contributed by atoms with van der Waals surface area (Å²) < 4.78 is 19.6. The van der Waals surface area contributed by atoms with Crippen molar-refractivity contribution in [2.45, 2.75) is 52.6 Å². The Kier molecular flexibility index (Phi) is 9.64. The Morgan fingerprint density at radius 2 is 1.94 bits per heavy atom. The van der Waals surface area contributed by atoms with Gasteiger partial charge in [0.05, 0.1) is 6.10 Å². The van der Waals surface area contributed by atoms with Gasteiger partial charge in [0, 0.05) is 40.7 Å². The van der Waals surface area contributed by atoms with Gasteiger partial charge in [-0.05, 0) is 55.9 Å². The topological polar surface area (TPSA) is 93.3 Å². The van der Waals surface area contributed by atoms with Crippen LogP contribution in [0.15, 0.2) is 54.7 Å².